The van der Waals surface area contributed by atoms with Crippen LogP contribution < -0.4 is 9.46 Å². The maximum atomic E-state index is 13.4. The lowest BCUT2D eigenvalue weighted by Crippen LogP contribution is -2.42. The zero-order valence-electron chi connectivity index (χ0n) is 22.3. The van der Waals surface area contributed by atoms with Crippen molar-refractivity contribution in [3.63, 3.8) is 0 Å². The standard InChI is InChI=1S/C27H34N4O6S2/c1-20-26(27(34)29-39(35,36)30(2)16-17-32)28-24(38-20)19-31(15-7-10-21-8-5-4-6-9-21)25(33)18-22-11-13-23(37-3)14-12-22/h4-6,8-9,11-14,32H,7,10,15-19H2,1-3H3,(H,29,34). The lowest BCUT2D eigenvalue weighted by atomic mass is 10.1. The van der Waals surface area contributed by atoms with E-state index in [1.165, 1.54) is 23.9 Å². The van der Waals surface area contributed by atoms with Gasteiger partial charge in [-0.1, -0.05) is 42.5 Å². The average Bonchev–Trinajstić information content (AvgIpc) is 3.29. The van der Waals surface area contributed by atoms with Gasteiger partial charge in [0.05, 0.1) is 26.7 Å². The van der Waals surface area contributed by atoms with Crippen LogP contribution in [-0.2, 0) is 34.4 Å². The van der Waals surface area contributed by atoms with E-state index in [0.717, 1.165) is 22.7 Å². The normalized spacial score (nSPS) is 11.4. The number of carbonyl (C=O) groups excluding carboxylic acids is 2. The first-order chi connectivity index (χ1) is 18.6. The summed E-state index contributed by atoms with van der Waals surface area (Å²) in [4.78, 5) is 32.7. The molecule has 0 spiro atoms. The molecule has 0 bridgehead atoms. The van der Waals surface area contributed by atoms with Gasteiger partial charge in [0.2, 0.25) is 5.91 Å². The van der Waals surface area contributed by atoms with E-state index in [2.05, 4.69) is 4.98 Å². The van der Waals surface area contributed by atoms with Gasteiger partial charge in [-0.15, -0.1) is 11.3 Å². The molecule has 0 aliphatic rings. The van der Waals surface area contributed by atoms with Gasteiger partial charge in [-0.25, -0.2) is 9.71 Å². The van der Waals surface area contributed by atoms with Crippen molar-refractivity contribution in [2.24, 2.45) is 0 Å². The monoisotopic (exact) mass is 574 g/mol. The molecule has 1 aromatic heterocycles. The van der Waals surface area contributed by atoms with Gasteiger partial charge in [-0.3, -0.25) is 9.59 Å². The Balaban J connectivity index is 1.74. The Labute approximate surface area is 233 Å². The summed E-state index contributed by atoms with van der Waals surface area (Å²) in [6.07, 6.45) is 1.74. The Bertz CT molecular complexity index is 1340. The number of ether oxygens (including phenoxy) is 1. The number of nitrogens with zero attached hydrogens (tertiary/aromatic N) is 3. The molecule has 0 radical (unpaired) electrons. The third kappa shape index (κ3) is 8.85. The second-order valence-corrected chi connectivity index (χ2v) is 12.0. The quantitative estimate of drug-likeness (QED) is 0.303. The van der Waals surface area contributed by atoms with Gasteiger partial charge in [-0.2, -0.15) is 12.7 Å². The average molecular weight is 575 g/mol. The molecule has 12 heteroatoms. The van der Waals surface area contributed by atoms with Gasteiger partial charge >= 0.3 is 10.2 Å². The number of hydrogen-bond donors (Lipinski definition) is 2. The van der Waals surface area contributed by atoms with Crippen molar-refractivity contribution in [2.75, 3.05) is 33.9 Å². The first-order valence-corrected chi connectivity index (χ1v) is 14.7. The molecule has 210 valence electrons. The summed E-state index contributed by atoms with van der Waals surface area (Å²) in [5.41, 5.74) is 2.01. The molecule has 0 saturated carbocycles. The smallest absolute Gasteiger partial charge is 0.303 e. The number of carbonyl (C=O) groups is 2. The third-order valence-electron chi connectivity index (χ3n) is 6.03. The molecule has 3 aromatic rings. The van der Waals surface area contributed by atoms with Crippen LogP contribution in [0.25, 0.3) is 0 Å². The van der Waals surface area contributed by atoms with E-state index in [1.54, 1.807) is 18.9 Å². The van der Waals surface area contributed by atoms with Crippen LogP contribution in [0.5, 0.6) is 5.75 Å². The summed E-state index contributed by atoms with van der Waals surface area (Å²) in [7, 11) is -1.28. The van der Waals surface area contributed by atoms with Crippen molar-refractivity contribution in [1.29, 1.82) is 0 Å². The minimum absolute atomic E-state index is 0.0113. The Hall–Kier alpha value is -3.32. The number of likely N-dealkylation sites (N-methyl/N-ethyl adjacent to an activating group) is 1. The van der Waals surface area contributed by atoms with Gasteiger partial charge in [0.15, 0.2) is 0 Å². The number of methoxy groups -OCH3 is 1. The Morgan fingerprint density at radius 2 is 1.74 bits per heavy atom. The maximum Gasteiger partial charge on any atom is 0.303 e. The second kappa shape index (κ2) is 14.2. The number of thiazole rings is 1. The molecule has 0 aliphatic carbocycles. The maximum absolute atomic E-state index is 13.4. The van der Waals surface area contributed by atoms with Crippen LogP contribution >= 0.6 is 11.3 Å². The zero-order valence-corrected chi connectivity index (χ0v) is 23.9. The van der Waals surface area contributed by atoms with Crippen LogP contribution in [0, 0.1) is 6.92 Å². The topological polar surface area (TPSA) is 129 Å². The van der Waals surface area contributed by atoms with E-state index < -0.39 is 16.1 Å². The molecule has 0 fully saturated rings. The highest BCUT2D eigenvalue weighted by Gasteiger charge is 2.25. The zero-order chi connectivity index (χ0) is 28.4. The first-order valence-electron chi connectivity index (χ1n) is 12.4. The predicted octanol–water partition coefficient (Wildman–Crippen LogP) is 2.56. The number of aromatic nitrogens is 1. The highest BCUT2D eigenvalue weighted by atomic mass is 32.2. The molecule has 0 unspecified atom stereocenters. The van der Waals surface area contributed by atoms with Crippen molar-refractivity contribution in [1.82, 2.24) is 18.9 Å². The third-order valence-corrected chi connectivity index (χ3v) is 8.43. The van der Waals surface area contributed by atoms with Crippen LogP contribution in [-0.4, -0.2) is 73.4 Å². The van der Waals surface area contributed by atoms with Crippen molar-refractivity contribution in [3.05, 3.63) is 81.3 Å². The van der Waals surface area contributed by atoms with E-state index in [4.69, 9.17) is 9.84 Å². The fourth-order valence-electron chi connectivity index (χ4n) is 3.84. The van der Waals surface area contributed by atoms with Gasteiger partial charge in [0.25, 0.3) is 5.91 Å². The van der Waals surface area contributed by atoms with Crippen molar-refractivity contribution < 1.29 is 27.9 Å². The highest BCUT2D eigenvalue weighted by Crippen LogP contribution is 2.21. The van der Waals surface area contributed by atoms with Crippen molar-refractivity contribution in [2.45, 2.75) is 32.7 Å². The van der Waals surface area contributed by atoms with E-state index in [-0.39, 0.29) is 37.7 Å². The van der Waals surface area contributed by atoms with Gasteiger partial charge < -0.3 is 14.7 Å². The number of aliphatic hydroxyl groups excluding tert-OH is 1. The molecular weight excluding hydrogens is 540 g/mol. The highest BCUT2D eigenvalue weighted by molar-refractivity contribution is 7.87. The van der Waals surface area contributed by atoms with Gasteiger partial charge in [-0.05, 0) is 43.0 Å². The van der Waals surface area contributed by atoms with Crippen LogP contribution in [0.1, 0.15) is 37.9 Å². The van der Waals surface area contributed by atoms with E-state index in [1.807, 2.05) is 59.3 Å². The second-order valence-electron chi connectivity index (χ2n) is 8.92. The summed E-state index contributed by atoms with van der Waals surface area (Å²) in [5, 5.41) is 9.53. The first kappa shape index (κ1) is 30.2. The number of hydrogen-bond acceptors (Lipinski definition) is 8. The Morgan fingerprint density at radius 3 is 2.38 bits per heavy atom. The van der Waals surface area contributed by atoms with Crippen LogP contribution in [0.2, 0.25) is 0 Å². The molecule has 39 heavy (non-hydrogen) atoms. The minimum Gasteiger partial charge on any atom is -0.497 e. The predicted molar refractivity (Wildman–Crippen MR) is 150 cm³/mol. The van der Waals surface area contributed by atoms with Crippen LogP contribution in [0.4, 0.5) is 0 Å². The summed E-state index contributed by atoms with van der Waals surface area (Å²) in [6.45, 7) is 1.83. The summed E-state index contributed by atoms with van der Waals surface area (Å²) < 4.78 is 32.7. The minimum atomic E-state index is -4.13. The summed E-state index contributed by atoms with van der Waals surface area (Å²) in [6, 6.07) is 17.3. The molecule has 2 aromatic carbocycles. The molecule has 2 amide bonds. The van der Waals surface area contributed by atoms with E-state index >= 15 is 0 Å². The van der Waals surface area contributed by atoms with E-state index in [0.29, 0.717) is 22.2 Å². The number of rotatable bonds is 14. The fourth-order valence-corrected chi connectivity index (χ4v) is 5.59. The molecule has 1 heterocycles. The molecule has 2 N–H and O–H groups in total. The molecule has 0 atom stereocenters. The molecule has 3 rings (SSSR count). The van der Waals surface area contributed by atoms with Crippen molar-refractivity contribution >= 4 is 33.4 Å². The lowest BCUT2D eigenvalue weighted by Gasteiger charge is -2.22. The van der Waals surface area contributed by atoms with Gasteiger partial charge in [0, 0.05) is 25.0 Å². The number of benzene rings is 2. The van der Waals surface area contributed by atoms with Gasteiger partial charge in [0.1, 0.15) is 16.5 Å². The molecule has 10 nitrogen and oxygen atoms in total. The molecule has 0 aliphatic heterocycles. The Morgan fingerprint density at radius 1 is 1.05 bits per heavy atom. The largest absolute Gasteiger partial charge is 0.497 e. The van der Waals surface area contributed by atoms with Crippen LogP contribution in [0.15, 0.2) is 54.6 Å². The Kier molecular flexibility index (Phi) is 11.0. The summed E-state index contributed by atoms with van der Waals surface area (Å²) in [5.74, 6) is -0.236. The number of amides is 2. The van der Waals surface area contributed by atoms with E-state index in [9.17, 15) is 18.0 Å². The molecule has 0 saturated heterocycles. The SMILES string of the molecule is COc1ccc(CC(=O)N(CCCc2ccccc2)Cc2nc(C(=O)NS(=O)(=O)N(C)CCO)c(C)s2)cc1. The number of nitrogens with one attached hydrogen (secondary N) is 1. The molecular formula is C27H34N4O6S2. The van der Waals surface area contributed by atoms with Crippen LogP contribution in [0.3, 0.4) is 0 Å². The summed E-state index contributed by atoms with van der Waals surface area (Å²) >= 11 is 1.24. The number of aliphatic hydroxyl groups is 1. The number of aryl methyl sites for hydroxylation is 2. The lowest BCUT2D eigenvalue weighted by molar-refractivity contribution is -0.131. The van der Waals surface area contributed by atoms with Crippen molar-refractivity contribution in [3.8, 4) is 5.75 Å². The fraction of sp³-hybridized carbons (Fsp3) is 0.370.